The van der Waals surface area contributed by atoms with Crippen LogP contribution in [-0.4, -0.2) is 17.3 Å². The number of carbonyl (C=O) groups is 1. The summed E-state index contributed by atoms with van der Waals surface area (Å²) in [5.74, 6) is -0.927. The third-order valence-corrected chi connectivity index (χ3v) is 2.52. The standard InChI is InChI=1S/C14H16NO2.Y/c1-4-10(2)8-15-9-13-7-12(14(16)17)6-5-11(13)3;/h5-7,9H,4H2,1-3H3,(H,16,17);/q-1;. The van der Waals surface area contributed by atoms with Crippen LogP contribution in [0, 0.1) is 13.1 Å². The molecule has 0 aliphatic carbocycles. The SMILES string of the molecule is CCC(C)=[C-]N=Cc1cc(C(=O)O)ccc1C.[Y]. The zero-order valence-corrected chi connectivity index (χ0v) is 13.7. The molecule has 0 aliphatic rings. The fourth-order valence-electron chi connectivity index (χ4n) is 1.20. The summed E-state index contributed by atoms with van der Waals surface area (Å²) in [5.41, 5.74) is 3.14. The fraction of sp³-hybridized carbons (Fsp3) is 0.286. The normalized spacial score (nSPS) is 11.4. The van der Waals surface area contributed by atoms with Crippen molar-refractivity contribution in [2.45, 2.75) is 27.2 Å². The number of nitrogens with zero attached hydrogens (tertiary/aromatic N) is 1. The molecule has 0 bridgehead atoms. The maximum absolute atomic E-state index is 10.8. The van der Waals surface area contributed by atoms with Crippen LogP contribution in [0.5, 0.6) is 0 Å². The van der Waals surface area contributed by atoms with Gasteiger partial charge in [0.15, 0.2) is 0 Å². The number of carboxylic acids is 1. The van der Waals surface area contributed by atoms with E-state index in [1.54, 1.807) is 24.4 Å². The summed E-state index contributed by atoms with van der Waals surface area (Å²) >= 11 is 0. The molecule has 18 heavy (non-hydrogen) atoms. The van der Waals surface area contributed by atoms with Crippen LogP contribution < -0.4 is 0 Å². The quantitative estimate of drug-likeness (QED) is 0.684. The van der Waals surface area contributed by atoms with Gasteiger partial charge < -0.3 is 10.1 Å². The van der Waals surface area contributed by atoms with Crippen molar-refractivity contribution < 1.29 is 42.6 Å². The molecule has 0 heterocycles. The van der Waals surface area contributed by atoms with Crippen molar-refractivity contribution in [3.05, 3.63) is 46.7 Å². The fourth-order valence-corrected chi connectivity index (χ4v) is 1.20. The van der Waals surface area contributed by atoms with Crippen LogP contribution >= 0.6 is 0 Å². The van der Waals surface area contributed by atoms with Gasteiger partial charge >= 0.3 is 5.97 Å². The number of allylic oxidation sites excluding steroid dienone is 1. The second-order valence-electron chi connectivity index (χ2n) is 3.88. The maximum Gasteiger partial charge on any atom is 0.335 e. The van der Waals surface area contributed by atoms with Crippen LogP contribution in [0.15, 0.2) is 28.8 Å². The Balaban J connectivity index is 0.00000289. The summed E-state index contributed by atoms with van der Waals surface area (Å²) in [6.45, 7) is 5.91. The topological polar surface area (TPSA) is 49.7 Å². The molecule has 1 N–H and O–H groups in total. The number of aliphatic imine (C=N–C) groups is 1. The van der Waals surface area contributed by atoms with Gasteiger partial charge in [0.2, 0.25) is 0 Å². The number of aromatic carboxylic acids is 1. The van der Waals surface area contributed by atoms with Crippen LogP contribution in [0.1, 0.15) is 41.8 Å². The van der Waals surface area contributed by atoms with Gasteiger partial charge in [0, 0.05) is 32.7 Å². The summed E-state index contributed by atoms with van der Waals surface area (Å²) in [5, 5.41) is 8.89. The van der Waals surface area contributed by atoms with Gasteiger partial charge in [-0.1, -0.05) is 43.5 Å². The third kappa shape index (κ3) is 5.24. The van der Waals surface area contributed by atoms with Gasteiger partial charge in [-0.25, -0.2) is 4.79 Å². The minimum Gasteiger partial charge on any atom is -0.478 e. The van der Waals surface area contributed by atoms with Gasteiger partial charge in [0.05, 0.1) is 5.56 Å². The van der Waals surface area contributed by atoms with E-state index in [1.165, 1.54) is 0 Å². The third-order valence-electron chi connectivity index (χ3n) is 2.52. The smallest absolute Gasteiger partial charge is 0.335 e. The predicted molar refractivity (Wildman–Crippen MR) is 68.5 cm³/mol. The van der Waals surface area contributed by atoms with Crippen molar-refractivity contribution in [3.63, 3.8) is 0 Å². The molecule has 0 unspecified atom stereocenters. The van der Waals surface area contributed by atoms with Gasteiger partial charge in [0.1, 0.15) is 0 Å². The summed E-state index contributed by atoms with van der Waals surface area (Å²) in [6, 6.07) is 4.98. The first-order chi connectivity index (χ1) is 8.04. The van der Waals surface area contributed by atoms with E-state index in [-0.39, 0.29) is 38.3 Å². The molecule has 3 nitrogen and oxygen atoms in total. The van der Waals surface area contributed by atoms with Crippen molar-refractivity contribution in [2.75, 3.05) is 0 Å². The minimum absolute atomic E-state index is 0. The number of hydrogen-bond donors (Lipinski definition) is 1. The number of aryl methyl sites for hydroxylation is 1. The molecule has 1 aromatic rings. The molecule has 1 radical (unpaired) electrons. The average molecular weight is 319 g/mol. The molecule has 0 fully saturated rings. The Bertz CT molecular complexity index is 479. The Morgan fingerprint density at radius 2 is 2.17 bits per heavy atom. The molecule has 4 heteroatoms. The predicted octanol–water partition coefficient (Wildman–Crippen LogP) is 3.23. The van der Waals surface area contributed by atoms with Crippen molar-refractivity contribution >= 4 is 12.2 Å². The molecule has 0 saturated heterocycles. The van der Waals surface area contributed by atoms with E-state index in [4.69, 9.17) is 5.11 Å². The van der Waals surface area contributed by atoms with E-state index in [0.29, 0.717) is 0 Å². The van der Waals surface area contributed by atoms with Crippen molar-refractivity contribution in [3.8, 4) is 0 Å². The van der Waals surface area contributed by atoms with E-state index < -0.39 is 5.97 Å². The summed E-state index contributed by atoms with van der Waals surface area (Å²) in [7, 11) is 0. The van der Waals surface area contributed by atoms with Crippen LogP contribution in [0.2, 0.25) is 0 Å². The first-order valence-corrected chi connectivity index (χ1v) is 5.50. The Labute approximate surface area is 133 Å². The zero-order chi connectivity index (χ0) is 12.8. The molecule has 0 spiro atoms. The number of benzene rings is 1. The van der Waals surface area contributed by atoms with E-state index in [2.05, 4.69) is 11.2 Å². The molecule has 0 amide bonds. The van der Waals surface area contributed by atoms with Crippen molar-refractivity contribution in [1.29, 1.82) is 0 Å². The second-order valence-corrected chi connectivity index (χ2v) is 3.88. The largest absolute Gasteiger partial charge is 0.478 e. The molecular formula is C14H16NO2Y-. The Kier molecular flexibility index (Phi) is 7.96. The first-order valence-electron chi connectivity index (χ1n) is 5.50. The minimum atomic E-state index is -0.927. The monoisotopic (exact) mass is 319 g/mol. The number of carboxylic acid groups (broad SMARTS) is 1. The van der Waals surface area contributed by atoms with Gasteiger partial charge in [0.25, 0.3) is 0 Å². The first kappa shape index (κ1) is 17.2. The molecule has 0 aromatic heterocycles. The molecule has 93 valence electrons. The Hall–Kier alpha value is -0.796. The van der Waals surface area contributed by atoms with Crippen molar-refractivity contribution in [2.24, 2.45) is 4.99 Å². The maximum atomic E-state index is 10.8. The average Bonchev–Trinajstić information content (AvgIpc) is 2.30. The van der Waals surface area contributed by atoms with Gasteiger partial charge in [-0.2, -0.15) is 6.20 Å². The van der Waals surface area contributed by atoms with E-state index in [9.17, 15) is 4.79 Å². The summed E-state index contributed by atoms with van der Waals surface area (Å²) in [4.78, 5) is 14.9. The van der Waals surface area contributed by atoms with Gasteiger partial charge in [-0.05, 0) is 13.0 Å². The van der Waals surface area contributed by atoms with Crippen LogP contribution in [-0.2, 0) is 32.7 Å². The molecule has 1 rings (SSSR count). The summed E-state index contributed by atoms with van der Waals surface area (Å²) in [6.07, 6.45) is 5.44. The van der Waals surface area contributed by atoms with Crippen LogP contribution in [0.4, 0.5) is 0 Å². The van der Waals surface area contributed by atoms with E-state index >= 15 is 0 Å². The zero-order valence-electron chi connectivity index (χ0n) is 10.9. The number of hydrogen-bond acceptors (Lipinski definition) is 2. The Morgan fingerprint density at radius 1 is 1.50 bits per heavy atom. The van der Waals surface area contributed by atoms with Crippen LogP contribution in [0.25, 0.3) is 0 Å². The molecule has 0 aliphatic heterocycles. The molecule has 0 atom stereocenters. The van der Waals surface area contributed by atoms with E-state index in [1.807, 2.05) is 20.8 Å². The van der Waals surface area contributed by atoms with Gasteiger partial charge in [-0.3, -0.25) is 0 Å². The van der Waals surface area contributed by atoms with Gasteiger partial charge in [-0.15, -0.1) is 11.8 Å². The molecule has 0 saturated carbocycles. The van der Waals surface area contributed by atoms with Crippen molar-refractivity contribution in [1.82, 2.24) is 0 Å². The second kappa shape index (κ2) is 8.33. The Morgan fingerprint density at radius 3 is 2.72 bits per heavy atom. The molecular weight excluding hydrogens is 303 g/mol. The summed E-state index contributed by atoms with van der Waals surface area (Å²) < 4.78 is 0. The van der Waals surface area contributed by atoms with Crippen LogP contribution in [0.3, 0.4) is 0 Å². The molecule has 1 aromatic carbocycles. The number of rotatable bonds is 4. The van der Waals surface area contributed by atoms with E-state index in [0.717, 1.165) is 23.1 Å².